The van der Waals surface area contributed by atoms with Gasteiger partial charge in [0.2, 0.25) is 0 Å². The number of benzene rings is 4. The molecule has 0 aliphatic rings. The third kappa shape index (κ3) is 7.65. The molecule has 0 spiro atoms. The summed E-state index contributed by atoms with van der Waals surface area (Å²) in [5.74, 6) is 1.21. The van der Waals surface area contributed by atoms with Crippen LogP contribution in [0.1, 0.15) is 88.8 Å². The standard InChI is InChI=1S/C37H41N3O2S2/c1-5-7-11-21-41-34-29(23-38)30(24-39)35(42-22-12-8-6-2)37(44-33-19-10-9-18-31(33)40)36(34)43-32-20-14-16-27-26(25(3)4)15-13-17-28(27)32/h9-10,13-20,25H,5-8,11-12,21-22,40H2,1-4H3. The van der Waals surface area contributed by atoms with Crippen LogP contribution >= 0.6 is 23.5 Å². The highest BCUT2D eigenvalue weighted by Gasteiger charge is 2.29. The molecule has 0 amide bonds. The number of nitriles is 2. The van der Waals surface area contributed by atoms with Crippen LogP contribution in [0, 0.1) is 22.7 Å². The second-order valence-corrected chi connectivity index (χ2v) is 13.1. The minimum absolute atomic E-state index is 0.204. The lowest BCUT2D eigenvalue weighted by Gasteiger charge is -2.22. The van der Waals surface area contributed by atoms with Crippen molar-refractivity contribution >= 4 is 40.0 Å². The van der Waals surface area contributed by atoms with E-state index >= 15 is 0 Å². The topological polar surface area (TPSA) is 92.1 Å². The van der Waals surface area contributed by atoms with Crippen LogP contribution in [0.25, 0.3) is 10.8 Å². The summed E-state index contributed by atoms with van der Waals surface area (Å²) in [4.78, 5) is 3.39. The van der Waals surface area contributed by atoms with Gasteiger partial charge in [0, 0.05) is 15.5 Å². The van der Waals surface area contributed by atoms with Crippen LogP contribution in [0.2, 0.25) is 0 Å². The van der Waals surface area contributed by atoms with Crippen molar-refractivity contribution in [3.05, 3.63) is 77.4 Å². The van der Waals surface area contributed by atoms with E-state index in [2.05, 4.69) is 76.2 Å². The summed E-state index contributed by atoms with van der Waals surface area (Å²) in [6.45, 7) is 9.59. The fourth-order valence-corrected chi connectivity index (χ4v) is 7.41. The molecule has 0 bridgehead atoms. The quantitative estimate of drug-likeness (QED) is 0.104. The Labute approximate surface area is 270 Å². The van der Waals surface area contributed by atoms with Crippen molar-refractivity contribution < 1.29 is 9.47 Å². The molecule has 2 N–H and O–H groups in total. The molecule has 0 fully saturated rings. The van der Waals surface area contributed by atoms with E-state index in [0.29, 0.717) is 36.3 Å². The monoisotopic (exact) mass is 623 g/mol. The Balaban J connectivity index is 2.00. The van der Waals surface area contributed by atoms with E-state index in [9.17, 15) is 10.5 Å². The van der Waals surface area contributed by atoms with Gasteiger partial charge >= 0.3 is 0 Å². The van der Waals surface area contributed by atoms with Gasteiger partial charge in [0.05, 0.1) is 23.0 Å². The summed E-state index contributed by atoms with van der Waals surface area (Å²) in [5, 5.41) is 23.2. The van der Waals surface area contributed by atoms with Gasteiger partial charge in [-0.25, -0.2) is 0 Å². The molecule has 0 unspecified atom stereocenters. The normalized spacial score (nSPS) is 11.0. The third-order valence-corrected chi connectivity index (χ3v) is 9.90. The Morgan fingerprint density at radius 3 is 1.75 bits per heavy atom. The Bertz CT molecular complexity index is 1670. The molecule has 0 atom stereocenters. The zero-order valence-electron chi connectivity index (χ0n) is 26.1. The molecule has 0 radical (unpaired) electrons. The van der Waals surface area contributed by atoms with E-state index in [4.69, 9.17) is 15.2 Å². The molecular formula is C37H41N3O2S2. The molecule has 0 aromatic heterocycles. The van der Waals surface area contributed by atoms with Crippen LogP contribution in [0.4, 0.5) is 5.69 Å². The van der Waals surface area contributed by atoms with Crippen LogP contribution in [-0.2, 0) is 0 Å². The molecule has 5 nitrogen and oxygen atoms in total. The predicted molar refractivity (Wildman–Crippen MR) is 183 cm³/mol. The number of nitrogen functional groups attached to an aromatic ring is 1. The lowest BCUT2D eigenvalue weighted by Crippen LogP contribution is -2.08. The SMILES string of the molecule is CCCCCOc1c(C#N)c(C#N)c(OCCCCC)c(Sc2cccc3c(C(C)C)cccc23)c1Sc1ccccc1N. The van der Waals surface area contributed by atoms with E-state index < -0.39 is 0 Å². The Hall–Kier alpha value is -3.78. The van der Waals surface area contributed by atoms with Gasteiger partial charge in [0.25, 0.3) is 0 Å². The number of fused-ring (bicyclic) bond motifs is 1. The number of para-hydroxylation sites is 1. The fourth-order valence-electron chi connectivity index (χ4n) is 5.08. The fraction of sp³-hybridized carbons (Fsp3) is 0.351. The first-order valence-electron chi connectivity index (χ1n) is 15.5. The van der Waals surface area contributed by atoms with Crippen molar-refractivity contribution in [2.75, 3.05) is 18.9 Å². The summed E-state index contributed by atoms with van der Waals surface area (Å²) in [7, 11) is 0. The number of hydrogen-bond acceptors (Lipinski definition) is 7. The van der Waals surface area contributed by atoms with Gasteiger partial charge < -0.3 is 15.2 Å². The molecule has 0 saturated heterocycles. The maximum absolute atomic E-state index is 10.5. The van der Waals surface area contributed by atoms with Crippen LogP contribution in [0.5, 0.6) is 11.5 Å². The van der Waals surface area contributed by atoms with Crippen molar-refractivity contribution in [1.29, 1.82) is 10.5 Å². The lowest BCUT2D eigenvalue weighted by atomic mass is 9.96. The lowest BCUT2D eigenvalue weighted by molar-refractivity contribution is 0.284. The predicted octanol–water partition coefficient (Wildman–Crippen LogP) is 10.7. The molecule has 0 aliphatic heterocycles. The number of unbranched alkanes of at least 4 members (excludes halogenated alkanes) is 4. The summed E-state index contributed by atoms with van der Waals surface area (Å²) in [5.41, 5.74) is 8.77. The summed E-state index contributed by atoms with van der Waals surface area (Å²) >= 11 is 3.02. The number of anilines is 1. The number of ether oxygens (including phenoxy) is 2. The first kappa shape index (κ1) is 33.1. The number of rotatable bonds is 15. The third-order valence-electron chi connectivity index (χ3n) is 7.42. The minimum atomic E-state index is 0.204. The first-order chi connectivity index (χ1) is 21.4. The summed E-state index contributed by atoms with van der Waals surface area (Å²) in [6, 6.07) is 25.1. The largest absolute Gasteiger partial charge is 0.491 e. The van der Waals surface area contributed by atoms with Crippen molar-refractivity contribution in [1.82, 2.24) is 0 Å². The summed E-state index contributed by atoms with van der Waals surface area (Å²) in [6.07, 6.45) is 5.81. The van der Waals surface area contributed by atoms with Gasteiger partial charge in [-0.2, -0.15) is 10.5 Å². The van der Waals surface area contributed by atoms with Crippen LogP contribution < -0.4 is 15.2 Å². The second-order valence-electron chi connectivity index (χ2n) is 11.0. The smallest absolute Gasteiger partial charge is 0.153 e. The molecule has 0 heterocycles. The molecule has 4 aromatic carbocycles. The van der Waals surface area contributed by atoms with Crippen molar-refractivity contribution in [3.63, 3.8) is 0 Å². The molecule has 0 aliphatic carbocycles. The van der Waals surface area contributed by atoms with Crippen LogP contribution in [0.15, 0.2) is 80.2 Å². The van der Waals surface area contributed by atoms with Crippen LogP contribution in [-0.4, -0.2) is 13.2 Å². The van der Waals surface area contributed by atoms with Gasteiger partial charge in [-0.05, 0) is 53.3 Å². The maximum Gasteiger partial charge on any atom is 0.153 e. The second kappa shape index (κ2) is 16.3. The van der Waals surface area contributed by atoms with Gasteiger partial charge in [0.15, 0.2) is 11.5 Å². The summed E-state index contributed by atoms with van der Waals surface area (Å²) < 4.78 is 12.9. The molecule has 7 heteroatoms. The van der Waals surface area contributed by atoms with Crippen molar-refractivity contribution in [2.24, 2.45) is 0 Å². The molecular weight excluding hydrogens is 583 g/mol. The van der Waals surface area contributed by atoms with Gasteiger partial charge in [-0.15, -0.1) is 0 Å². The molecule has 4 aromatic rings. The molecule has 4 rings (SSSR count). The van der Waals surface area contributed by atoms with E-state index in [1.165, 1.54) is 22.7 Å². The highest BCUT2D eigenvalue weighted by Crippen LogP contribution is 2.53. The van der Waals surface area contributed by atoms with Gasteiger partial charge in [0.1, 0.15) is 23.3 Å². The number of nitrogens with zero attached hydrogens (tertiary/aromatic N) is 2. The van der Waals surface area contributed by atoms with E-state index in [1.54, 1.807) is 11.8 Å². The number of hydrogen-bond donors (Lipinski definition) is 1. The average Bonchev–Trinajstić information content (AvgIpc) is 3.03. The van der Waals surface area contributed by atoms with Crippen LogP contribution in [0.3, 0.4) is 0 Å². The Morgan fingerprint density at radius 2 is 1.20 bits per heavy atom. The zero-order chi connectivity index (χ0) is 31.5. The van der Waals surface area contributed by atoms with Gasteiger partial charge in [-0.1, -0.05) is 119 Å². The van der Waals surface area contributed by atoms with Gasteiger partial charge in [-0.3, -0.25) is 0 Å². The van der Waals surface area contributed by atoms with Crippen molar-refractivity contribution in [3.8, 4) is 23.6 Å². The van der Waals surface area contributed by atoms with Crippen molar-refractivity contribution in [2.45, 2.75) is 91.7 Å². The van der Waals surface area contributed by atoms with E-state index in [0.717, 1.165) is 63.5 Å². The average molecular weight is 624 g/mol. The molecule has 44 heavy (non-hydrogen) atoms. The highest BCUT2D eigenvalue weighted by molar-refractivity contribution is 8.02. The number of nitrogens with two attached hydrogens (primary N) is 1. The Kier molecular flexibility index (Phi) is 12.3. The zero-order valence-corrected chi connectivity index (χ0v) is 27.7. The van der Waals surface area contributed by atoms with E-state index in [1.807, 2.05) is 24.3 Å². The molecule has 0 saturated carbocycles. The first-order valence-corrected chi connectivity index (χ1v) is 17.1. The maximum atomic E-state index is 10.5. The highest BCUT2D eigenvalue weighted by atomic mass is 32.2. The molecule has 228 valence electrons. The Morgan fingerprint density at radius 1 is 0.682 bits per heavy atom. The van der Waals surface area contributed by atoms with E-state index in [-0.39, 0.29) is 11.1 Å². The minimum Gasteiger partial charge on any atom is -0.491 e.